The highest BCUT2D eigenvalue weighted by molar-refractivity contribution is 5.95. The number of hydrogen-bond donors (Lipinski definition) is 4. The molecule has 0 saturated heterocycles. The van der Waals surface area contributed by atoms with Crippen molar-refractivity contribution in [2.45, 2.75) is 51.5 Å². The Morgan fingerprint density at radius 1 is 1.23 bits per heavy atom. The number of benzene rings is 2. The molecule has 6 N–H and O–H groups in total. The molecule has 2 aromatic rings. The predicted molar refractivity (Wildman–Crippen MR) is 125 cm³/mol. The van der Waals surface area contributed by atoms with Gasteiger partial charge in [0.2, 0.25) is 0 Å². The summed E-state index contributed by atoms with van der Waals surface area (Å²) in [6.45, 7) is 4.12. The number of nitrogens with two attached hydrogens (primary N) is 2. The molecule has 1 aliphatic rings. The molecule has 3 rings (SSSR count). The molecule has 162 valence electrons. The van der Waals surface area contributed by atoms with Crippen molar-refractivity contribution in [3.63, 3.8) is 0 Å². The van der Waals surface area contributed by atoms with Crippen LogP contribution in [0, 0.1) is 12.3 Å². The van der Waals surface area contributed by atoms with E-state index in [1.54, 1.807) is 31.2 Å². The number of anilines is 2. The van der Waals surface area contributed by atoms with Gasteiger partial charge < -0.3 is 21.5 Å². The summed E-state index contributed by atoms with van der Waals surface area (Å²) in [4.78, 5) is 12.8. The van der Waals surface area contributed by atoms with Gasteiger partial charge in [0.15, 0.2) is 6.04 Å². The lowest BCUT2D eigenvalue weighted by Gasteiger charge is -2.24. The zero-order valence-corrected chi connectivity index (χ0v) is 18.4. The van der Waals surface area contributed by atoms with Gasteiger partial charge in [0.1, 0.15) is 5.84 Å². The minimum atomic E-state index is -0.710. The van der Waals surface area contributed by atoms with E-state index in [-0.39, 0.29) is 24.2 Å². The third kappa shape index (κ3) is 5.25. The molecule has 0 radical (unpaired) electrons. The van der Waals surface area contributed by atoms with E-state index in [0.29, 0.717) is 23.8 Å². The molecule has 1 atom stereocenters. The Bertz CT molecular complexity index is 893. The van der Waals surface area contributed by atoms with Crippen LogP contribution >= 0.6 is 12.4 Å². The number of aryl methyl sites for hydroxylation is 1. The zero-order chi connectivity index (χ0) is 21.0. The van der Waals surface area contributed by atoms with E-state index < -0.39 is 6.04 Å². The number of rotatable bonds is 7. The van der Waals surface area contributed by atoms with E-state index in [4.69, 9.17) is 21.6 Å². The third-order valence-corrected chi connectivity index (χ3v) is 5.52. The van der Waals surface area contributed by atoms with Gasteiger partial charge in [-0.1, -0.05) is 30.5 Å². The summed E-state index contributed by atoms with van der Waals surface area (Å²) in [7, 11) is 0. The molecule has 1 saturated carbocycles. The van der Waals surface area contributed by atoms with Crippen LogP contribution < -0.4 is 16.8 Å². The van der Waals surface area contributed by atoms with Crippen molar-refractivity contribution >= 4 is 35.6 Å². The van der Waals surface area contributed by atoms with E-state index in [1.807, 2.05) is 13.0 Å². The Kier molecular flexibility index (Phi) is 8.12. The van der Waals surface area contributed by atoms with Crippen molar-refractivity contribution in [3.05, 3.63) is 58.7 Å². The fourth-order valence-corrected chi connectivity index (χ4v) is 4.07. The van der Waals surface area contributed by atoms with E-state index >= 15 is 0 Å². The van der Waals surface area contributed by atoms with Gasteiger partial charge in [0.25, 0.3) is 0 Å². The molecule has 0 bridgehead atoms. The average Bonchev–Trinajstić information content (AvgIpc) is 3.23. The summed E-state index contributed by atoms with van der Waals surface area (Å²) in [5.74, 6) is 0.0896. The van der Waals surface area contributed by atoms with E-state index in [1.165, 1.54) is 12.8 Å². The SMILES string of the molecule is CCOC(=O)C(Nc1ccc(C(=N)N)cc1)c1cc(C)cc(C2CCCC2)c1N.Cl. The summed E-state index contributed by atoms with van der Waals surface area (Å²) in [5, 5.41) is 10.8. The van der Waals surface area contributed by atoms with Crippen LogP contribution in [0.3, 0.4) is 0 Å². The lowest BCUT2D eigenvalue weighted by molar-refractivity contribution is -0.144. The van der Waals surface area contributed by atoms with E-state index in [0.717, 1.165) is 35.2 Å². The molecule has 1 fully saturated rings. The minimum Gasteiger partial charge on any atom is -0.464 e. The quantitative estimate of drug-likeness (QED) is 0.221. The second-order valence-corrected chi connectivity index (χ2v) is 7.66. The smallest absolute Gasteiger partial charge is 0.333 e. The third-order valence-electron chi connectivity index (χ3n) is 5.52. The molecule has 0 amide bonds. The largest absolute Gasteiger partial charge is 0.464 e. The first-order valence-corrected chi connectivity index (χ1v) is 10.2. The molecule has 6 nitrogen and oxygen atoms in total. The Morgan fingerprint density at radius 2 is 1.87 bits per heavy atom. The summed E-state index contributed by atoms with van der Waals surface area (Å²) < 4.78 is 5.34. The summed E-state index contributed by atoms with van der Waals surface area (Å²) in [5.41, 5.74) is 17.1. The molecule has 1 aliphatic carbocycles. The van der Waals surface area contributed by atoms with Crippen LogP contribution in [0.2, 0.25) is 0 Å². The van der Waals surface area contributed by atoms with Crippen LogP contribution in [-0.4, -0.2) is 18.4 Å². The standard InChI is InChI=1S/C23H30N4O2.ClH/c1-3-29-23(28)21(27-17-10-8-16(9-11-17)22(25)26)19-13-14(2)12-18(20(19)24)15-6-4-5-7-15;/h8-13,15,21,27H,3-7,24H2,1-2H3,(H3,25,26);1H. The monoisotopic (exact) mass is 430 g/mol. The lowest BCUT2D eigenvalue weighted by Crippen LogP contribution is -2.25. The van der Waals surface area contributed by atoms with E-state index in [2.05, 4.69) is 11.4 Å². The van der Waals surface area contributed by atoms with Crippen molar-refractivity contribution in [2.24, 2.45) is 5.73 Å². The first-order chi connectivity index (χ1) is 13.9. The molecule has 30 heavy (non-hydrogen) atoms. The average molecular weight is 431 g/mol. The summed E-state index contributed by atoms with van der Waals surface area (Å²) >= 11 is 0. The number of nitrogens with one attached hydrogen (secondary N) is 2. The maximum Gasteiger partial charge on any atom is 0.333 e. The number of carbonyl (C=O) groups is 1. The first kappa shape index (κ1) is 23.5. The minimum absolute atomic E-state index is 0. The molecule has 0 aliphatic heterocycles. The zero-order valence-electron chi connectivity index (χ0n) is 17.5. The number of carbonyl (C=O) groups excluding carboxylic acids is 1. The van der Waals surface area contributed by atoms with Crippen LogP contribution in [-0.2, 0) is 9.53 Å². The Hall–Kier alpha value is -2.73. The van der Waals surface area contributed by atoms with Gasteiger partial charge >= 0.3 is 5.97 Å². The van der Waals surface area contributed by atoms with Crippen molar-refractivity contribution < 1.29 is 9.53 Å². The highest BCUT2D eigenvalue weighted by atomic mass is 35.5. The van der Waals surface area contributed by atoms with Crippen LogP contribution in [0.4, 0.5) is 11.4 Å². The Balaban J connectivity index is 0.00000320. The topological polar surface area (TPSA) is 114 Å². The second kappa shape index (κ2) is 10.3. The van der Waals surface area contributed by atoms with Crippen molar-refractivity contribution in [3.8, 4) is 0 Å². The number of ether oxygens (including phenoxy) is 1. The fraction of sp³-hybridized carbons (Fsp3) is 0.391. The van der Waals surface area contributed by atoms with E-state index in [9.17, 15) is 4.79 Å². The lowest BCUT2D eigenvalue weighted by atomic mass is 9.89. The van der Waals surface area contributed by atoms with Crippen LogP contribution in [0.5, 0.6) is 0 Å². The molecule has 2 aromatic carbocycles. The Labute approximate surface area is 184 Å². The molecule has 0 spiro atoms. The fourth-order valence-electron chi connectivity index (χ4n) is 4.07. The van der Waals surface area contributed by atoms with Gasteiger partial charge in [-0.15, -0.1) is 12.4 Å². The summed E-state index contributed by atoms with van der Waals surface area (Å²) in [6, 6.07) is 10.5. The van der Waals surface area contributed by atoms with Crippen LogP contribution in [0.1, 0.15) is 66.8 Å². The van der Waals surface area contributed by atoms with Gasteiger partial charge in [-0.2, -0.15) is 0 Å². The maximum atomic E-state index is 12.8. The van der Waals surface area contributed by atoms with Crippen molar-refractivity contribution in [2.75, 3.05) is 17.7 Å². The van der Waals surface area contributed by atoms with Crippen LogP contribution in [0.15, 0.2) is 36.4 Å². The number of esters is 1. The second-order valence-electron chi connectivity index (χ2n) is 7.66. The van der Waals surface area contributed by atoms with Gasteiger partial charge in [0, 0.05) is 22.5 Å². The maximum absolute atomic E-state index is 12.8. The number of hydrogen-bond acceptors (Lipinski definition) is 5. The van der Waals surface area contributed by atoms with Crippen molar-refractivity contribution in [1.29, 1.82) is 5.41 Å². The number of halogens is 1. The predicted octanol–water partition coefficient (Wildman–Crippen LogP) is 4.66. The normalized spacial score (nSPS) is 14.6. The molecule has 7 heteroatoms. The first-order valence-electron chi connectivity index (χ1n) is 10.2. The summed E-state index contributed by atoms with van der Waals surface area (Å²) in [6.07, 6.45) is 4.71. The van der Waals surface area contributed by atoms with Crippen LogP contribution in [0.25, 0.3) is 0 Å². The molecular weight excluding hydrogens is 400 g/mol. The number of nitrogen functional groups attached to an aromatic ring is 2. The van der Waals surface area contributed by atoms with Gasteiger partial charge in [0.05, 0.1) is 6.61 Å². The molecule has 1 unspecified atom stereocenters. The van der Waals surface area contributed by atoms with Gasteiger partial charge in [-0.05, 0) is 62.4 Å². The van der Waals surface area contributed by atoms with Gasteiger partial charge in [-0.25, -0.2) is 4.79 Å². The van der Waals surface area contributed by atoms with Gasteiger partial charge in [-0.3, -0.25) is 5.41 Å². The molecule has 0 heterocycles. The molecule has 0 aromatic heterocycles. The Morgan fingerprint density at radius 3 is 2.43 bits per heavy atom. The number of amidine groups is 1. The highest BCUT2D eigenvalue weighted by Gasteiger charge is 2.28. The molecular formula is C23H31ClN4O2. The highest BCUT2D eigenvalue weighted by Crippen LogP contribution is 2.40. The van der Waals surface area contributed by atoms with Crippen molar-refractivity contribution in [1.82, 2.24) is 0 Å².